The largest absolute Gasteiger partial charge is 0.378 e. The van der Waals surface area contributed by atoms with Crippen LogP contribution in [0.4, 0.5) is 17.1 Å². The molecule has 0 fully saturated rings. The second-order valence-electron chi connectivity index (χ2n) is 8.46. The summed E-state index contributed by atoms with van der Waals surface area (Å²) in [4.78, 5) is 6.90. The van der Waals surface area contributed by atoms with Gasteiger partial charge in [-0.05, 0) is 53.6 Å². The summed E-state index contributed by atoms with van der Waals surface area (Å²) in [5, 5.41) is 0. The second-order valence-corrected chi connectivity index (χ2v) is 9.53. The van der Waals surface area contributed by atoms with Crippen LogP contribution in [0.5, 0.6) is 0 Å². The van der Waals surface area contributed by atoms with Crippen molar-refractivity contribution in [2.45, 2.75) is 10.5 Å². The molecule has 0 bridgehead atoms. The van der Waals surface area contributed by atoms with Gasteiger partial charge in [-0.3, -0.25) is 4.18 Å². The van der Waals surface area contributed by atoms with Gasteiger partial charge < -0.3 is 14.7 Å². The van der Waals surface area contributed by atoms with Crippen molar-refractivity contribution in [3.05, 3.63) is 83.4 Å². The molecule has 0 aromatic heterocycles. The summed E-state index contributed by atoms with van der Waals surface area (Å²) in [6, 6.07) is 22.6. The number of benzene rings is 3. The van der Waals surface area contributed by atoms with E-state index in [1.54, 1.807) is 0 Å². The van der Waals surface area contributed by atoms with E-state index in [1.165, 1.54) is 0 Å². The summed E-state index contributed by atoms with van der Waals surface area (Å²) < 4.78 is 19.5. The van der Waals surface area contributed by atoms with E-state index >= 15 is 0 Å². The Morgan fingerprint density at radius 2 is 1.06 bits per heavy atom. The first-order chi connectivity index (χ1) is 14.7. The van der Waals surface area contributed by atoms with Gasteiger partial charge in [0.1, 0.15) is 0 Å². The molecule has 1 atom stereocenters. The first-order valence-corrected chi connectivity index (χ1v) is 11.3. The second kappa shape index (κ2) is 8.02. The topological polar surface area (TPSA) is 36.0 Å². The quantitative estimate of drug-likeness (QED) is 0.599. The van der Waals surface area contributed by atoms with Crippen LogP contribution in [0.25, 0.3) is 0 Å². The summed E-state index contributed by atoms with van der Waals surface area (Å²) >= 11 is -1.56. The van der Waals surface area contributed by atoms with E-state index in [9.17, 15) is 4.21 Å². The Balaban J connectivity index is 1.97. The third-order valence-electron chi connectivity index (χ3n) is 5.82. The van der Waals surface area contributed by atoms with Crippen molar-refractivity contribution in [1.82, 2.24) is 0 Å². The lowest BCUT2D eigenvalue weighted by Gasteiger charge is -2.31. The van der Waals surface area contributed by atoms with Gasteiger partial charge in [-0.25, -0.2) is 4.21 Å². The molecule has 0 radical (unpaired) electrons. The van der Waals surface area contributed by atoms with Gasteiger partial charge in [-0.2, -0.15) is 0 Å². The third kappa shape index (κ3) is 3.60. The van der Waals surface area contributed by atoms with Crippen molar-refractivity contribution in [2.75, 3.05) is 57.0 Å². The van der Waals surface area contributed by atoms with Crippen molar-refractivity contribution >= 4 is 28.1 Å². The van der Waals surface area contributed by atoms with Crippen LogP contribution >= 0.6 is 0 Å². The van der Waals surface area contributed by atoms with Crippen LogP contribution in [-0.4, -0.2) is 46.5 Å². The van der Waals surface area contributed by atoms with Gasteiger partial charge in [0.2, 0.25) is 0 Å². The summed E-state index contributed by atoms with van der Waals surface area (Å²) in [6.45, 7) is 0. The molecular weight excluding hydrogens is 406 g/mol. The third-order valence-corrected chi connectivity index (χ3v) is 6.94. The molecule has 3 aromatic carbocycles. The van der Waals surface area contributed by atoms with E-state index in [0.717, 1.165) is 38.6 Å². The molecular formula is C25H29N3O2S. The minimum atomic E-state index is -1.56. The van der Waals surface area contributed by atoms with Crippen molar-refractivity contribution in [3.8, 4) is 0 Å². The standard InChI is InChI=1S/C25H29N3O2S/c1-26(2)20-11-7-18(8-12-20)25(19-9-13-21(14-10-19)27(3)4)23-17-22(28(5)6)15-16-24(23)31(29)30-25/h7-17H,1-6H3. The van der Waals surface area contributed by atoms with Gasteiger partial charge in [-0.1, -0.05) is 24.3 Å². The number of hydrogen-bond acceptors (Lipinski definition) is 5. The zero-order valence-corrected chi connectivity index (χ0v) is 19.7. The van der Waals surface area contributed by atoms with Crippen molar-refractivity contribution in [1.29, 1.82) is 0 Å². The number of nitrogens with zero attached hydrogens (tertiary/aromatic N) is 3. The van der Waals surface area contributed by atoms with Gasteiger partial charge in [0.25, 0.3) is 0 Å². The Morgan fingerprint density at radius 1 is 0.645 bits per heavy atom. The molecule has 5 nitrogen and oxygen atoms in total. The predicted octanol–water partition coefficient (Wildman–Crippen LogP) is 4.23. The van der Waals surface area contributed by atoms with E-state index in [1.807, 2.05) is 54.4 Å². The maximum atomic E-state index is 13.1. The average Bonchev–Trinajstić information content (AvgIpc) is 3.06. The zero-order chi connectivity index (χ0) is 22.3. The highest BCUT2D eigenvalue weighted by molar-refractivity contribution is 7.80. The van der Waals surface area contributed by atoms with Crippen LogP contribution in [-0.2, 0) is 20.9 Å². The van der Waals surface area contributed by atoms with Crippen LogP contribution in [0.2, 0.25) is 0 Å². The normalized spacial score (nSPS) is 16.6. The maximum Gasteiger partial charge on any atom is 0.191 e. The first kappa shape index (κ1) is 21.4. The zero-order valence-electron chi connectivity index (χ0n) is 18.9. The summed E-state index contributed by atoms with van der Waals surface area (Å²) in [6.07, 6.45) is 0. The molecule has 6 heteroatoms. The molecule has 1 heterocycles. The molecule has 1 unspecified atom stereocenters. The van der Waals surface area contributed by atoms with Gasteiger partial charge in [0.15, 0.2) is 16.7 Å². The summed E-state index contributed by atoms with van der Waals surface area (Å²) in [7, 11) is 12.1. The number of rotatable bonds is 5. The van der Waals surface area contributed by atoms with E-state index in [-0.39, 0.29) is 0 Å². The minimum absolute atomic E-state index is 0.721. The Hall–Kier alpha value is -2.83. The van der Waals surface area contributed by atoms with Gasteiger partial charge in [0.05, 0.1) is 4.90 Å². The molecule has 162 valence electrons. The Morgan fingerprint density at radius 3 is 1.48 bits per heavy atom. The number of anilines is 3. The van der Waals surface area contributed by atoms with Crippen LogP contribution in [0.1, 0.15) is 16.7 Å². The van der Waals surface area contributed by atoms with Crippen molar-refractivity contribution < 1.29 is 8.39 Å². The molecule has 4 rings (SSSR count). The van der Waals surface area contributed by atoms with E-state index in [0.29, 0.717) is 0 Å². The Labute approximate surface area is 187 Å². The van der Waals surface area contributed by atoms with Gasteiger partial charge in [-0.15, -0.1) is 0 Å². The van der Waals surface area contributed by atoms with Crippen LogP contribution in [0.15, 0.2) is 71.6 Å². The lowest BCUT2D eigenvalue weighted by Crippen LogP contribution is -2.29. The van der Waals surface area contributed by atoms with Crippen molar-refractivity contribution in [2.24, 2.45) is 0 Å². The monoisotopic (exact) mass is 435 g/mol. The Bertz CT molecular complexity index is 1060. The van der Waals surface area contributed by atoms with Gasteiger partial charge >= 0.3 is 0 Å². The fourth-order valence-electron chi connectivity index (χ4n) is 3.98. The minimum Gasteiger partial charge on any atom is -0.378 e. The van der Waals surface area contributed by atoms with E-state index in [2.05, 4.69) is 69.3 Å². The lowest BCUT2D eigenvalue weighted by atomic mass is 9.80. The predicted molar refractivity (Wildman–Crippen MR) is 130 cm³/mol. The molecule has 0 N–H and O–H groups in total. The molecule has 3 aromatic rings. The lowest BCUT2D eigenvalue weighted by molar-refractivity contribution is 0.193. The molecule has 1 aliphatic heterocycles. The molecule has 0 saturated carbocycles. The van der Waals surface area contributed by atoms with Crippen LogP contribution < -0.4 is 14.7 Å². The van der Waals surface area contributed by atoms with Crippen LogP contribution in [0.3, 0.4) is 0 Å². The fourth-order valence-corrected chi connectivity index (χ4v) is 5.14. The number of fused-ring (bicyclic) bond motifs is 1. The van der Waals surface area contributed by atoms with Gasteiger partial charge in [0, 0.05) is 64.9 Å². The number of hydrogen-bond donors (Lipinski definition) is 0. The molecule has 31 heavy (non-hydrogen) atoms. The SMILES string of the molecule is CN(C)c1ccc(C2(c3ccc(N(C)C)cc3)OS(=O)c3ccc(N(C)C)cc32)cc1. The Kier molecular flexibility index (Phi) is 5.54. The highest BCUT2D eigenvalue weighted by atomic mass is 32.2. The van der Waals surface area contributed by atoms with E-state index in [4.69, 9.17) is 4.18 Å². The average molecular weight is 436 g/mol. The highest BCUT2D eigenvalue weighted by Gasteiger charge is 2.48. The molecule has 1 aliphatic rings. The molecule has 0 aliphatic carbocycles. The van der Waals surface area contributed by atoms with E-state index < -0.39 is 16.7 Å². The summed E-state index contributed by atoms with van der Waals surface area (Å²) in [5.74, 6) is 0. The fraction of sp³-hybridized carbons (Fsp3) is 0.280. The molecule has 0 spiro atoms. The smallest absolute Gasteiger partial charge is 0.191 e. The first-order valence-electron chi connectivity index (χ1n) is 10.2. The maximum absolute atomic E-state index is 13.1. The summed E-state index contributed by atoms with van der Waals surface area (Å²) in [5.41, 5.74) is 5.14. The highest BCUT2D eigenvalue weighted by Crippen LogP contribution is 2.50. The molecule has 0 saturated heterocycles. The van der Waals surface area contributed by atoms with Crippen LogP contribution in [0, 0.1) is 0 Å². The molecule has 0 amide bonds. The van der Waals surface area contributed by atoms with Crippen molar-refractivity contribution in [3.63, 3.8) is 0 Å².